The number of likely N-dealkylation sites (N-methyl/N-ethyl adjacent to an activating group) is 1. The SMILES string of the molecule is COc1cc(C(=O)NCC(=O)NCCN(C)Cc2ccccc2)cc(OC)c1OC. The minimum atomic E-state index is -0.411. The zero-order valence-corrected chi connectivity index (χ0v) is 17.9. The van der Waals surface area contributed by atoms with Gasteiger partial charge in [0.1, 0.15) is 0 Å². The number of methoxy groups -OCH3 is 3. The predicted molar refractivity (Wildman–Crippen MR) is 114 cm³/mol. The van der Waals surface area contributed by atoms with Crippen LogP contribution in [0.5, 0.6) is 17.2 Å². The Morgan fingerprint density at radius 2 is 1.57 bits per heavy atom. The molecule has 8 nitrogen and oxygen atoms in total. The number of amides is 2. The molecule has 2 aromatic rings. The smallest absolute Gasteiger partial charge is 0.251 e. The van der Waals surface area contributed by atoms with Gasteiger partial charge in [0, 0.05) is 25.2 Å². The van der Waals surface area contributed by atoms with Crippen molar-refractivity contribution in [3.8, 4) is 17.2 Å². The van der Waals surface area contributed by atoms with Crippen LogP contribution in [0, 0.1) is 0 Å². The van der Waals surface area contributed by atoms with Gasteiger partial charge in [0.2, 0.25) is 11.7 Å². The lowest BCUT2D eigenvalue weighted by atomic mass is 10.1. The molecule has 0 atom stereocenters. The summed E-state index contributed by atoms with van der Waals surface area (Å²) < 4.78 is 15.7. The molecule has 0 bridgehead atoms. The van der Waals surface area contributed by atoms with Crippen LogP contribution >= 0.6 is 0 Å². The molecular weight excluding hydrogens is 386 g/mol. The largest absolute Gasteiger partial charge is 0.493 e. The fourth-order valence-electron chi connectivity index (χ4n) is 2.90. The quantitative estimate of drug-likeness (QED) is 0.581. The Hall–Kier alpha value is -3.26. The molecule has 2 amide bonds. The second-order valence-electron chi connectivity index (χ2n) is 6.67. The van der Waals surface area contributed by atoms with Crippen molar-refractivity contribution < 1.29 is 23.8 Å². The van der Waals surface area contributed by atoms with E-state index < -0.39 is 5.91 Å². The van der Waals surface area contributed by atoms with Gasteiger partial charge in [0.05, 0.1) is 27.9 Å². The molecule has 0 heterocycles. The van der Waals surface area contributed by atoms with Gasteiger partial charge in [0.15, 0.2) is 11.5 Å². The highest BCUT2D eigenvalue weighted by Gasteiger charge is 2.17. The summed E-state index contributed by atoms with van der Waals surface area (Å²) in [6.07, 6.45) is 0. The van der Waals surface area contributed by atoms with Crippen LogP contribution in [0.2, 0.25) is 0 Å². The topological polar surface area (TPSA) is 89.1 Å². The highest BCUT2D eigenvalue weighted by Crippen LogP contribution is 2.38. The van der Waals surface area contributed by atoms with E-state index in [1.165, 1.54) is 39.0 Å². The van der Waals surface area contributed by atoms with Crippen LogP contribution < -0.4 is 24.8 Å². The molecule has 30 heavy (non-hydrogen) atoms. The van der Waals surface area contributed by atoms with Gasteiger partial charge in [-0.3, -0.25) is 9.59 Å². The van der Waals surface area contributed by atoms with Gasteiger partial charge in [-0.2, -0.15) is 0 Å². The number of carbonyl (C=O) groups is 2. The molecule has 0 spiro atoms. The number of ether oxygens (including phenoxy) is 3. The lowest BCUT2D eigenvalue weighted by Gasteiger charge is -2.17. The molecule has 162 valence electrons. The van der Waals surface area contributed by atoms with E-state index in [9.17, 15) is 9.59 Å². The molecule has 2 aromatic carbocycles. The molecule has 0 aliphatic heterocycles. The standard InChI is InChI=1S/C22H29N3O5/c1-25(15-16-8-6-5-7-9-16)11-10-23-20(26)14-24-22(27)17-12-18(28-2)21(30-4)19(13-17)29-3/h5-9,12-13H,10-11,14-15H2,1-4H3,(H,23,26)(H,24,27). The van der Waals surface area contributed by atoms with Crippen molar-refractivity contribution in [2.45, 2.75) is 6.54 Å². The maximum absolute atomic E-state index is 12.4. The van der Waals surface area contributed by atoms with Crippen molar-refractivity contribution in [2.24, 2.45) is 0 Å². The predicted octanol–water partition coefficient (Wildman–Crippen LogP) is 1.69. The van der Waals surface area contributed by atoms with Crippen LogP contribution in [0.15, 0.2) is 42.5 Å². The van der Waals surface area contributed by atoms with E-state index in [0.29, 0.717) is 35.9 Å². The van der Waals surface area contributed by atoms with E-state index in [2.05, 4.69) is 27.7 Å². The Bertz CT molecular complexity index is 817. The van der Waals surface area contributed by atoms with Gasteiger partial charge in [-0.1, -0.05) is 30.3 Å². The maximum atomic E-state index is 12.4. The molecular formula is C22H29N3O5. The summed E-state index contributed by atoms with van der Waals surface area (Å²) in [5.74, 6) is 0.462. The number of carbonyl (C=O) groups excluding carboxylic acids is 2. The van der Waals surface area contributed by atoms with Crippen molar-refractivity contribution in [1.82, 2.24) is 15.5 Å². The van der Waals surface area contributed by atoms with E-state index in [1.807, 2.05) is 25.2 Å². The Labute approximate surface area is 177 Å². The molecule has 0 saturated carbocycles. The van der Waals surface area contributed by atoms with Crippen molar-refractivity contribution >= 4 is 11.8 Å². The fourth-order valence-corrected chi connectivity index (χ4v) is 2.90. The summed E-state index contributed by atoms with van der Waals surface area (Å²) in [6.45, 7) is 1.86. The van der Waals surface area contributed by atoms with Gasteiger partial charge < -0.3 is 29.7 Å². The zero-order valence-electron chi connectivity index (χ0n) is 17.9. The molecule has 2 N–H and O–H groups in total. The molecule has 0 saturated heterocycles. The van der Waals surface area contributed by atoms with Gasteiger partial charge in [-0.25, -0.2) is 0 Å². The highest BCUT2D eigenvalue weighted by molar-refractivity contribution is 5.97. The monoisotopic (exact) mass is 415 g/mol. The third kappa shape index (κ3) is 6.66. The van der Waals surface area contributed by atoms with Crippen LogP contribution in [-0.4, -0.2) is 64.7 Å². The number of nitrogens with one attached hydrogen (secondary N) is 2. The second-order valence-corrected chi connectivity index (χ2v) is 6.67. The Morgan fingerprint density at radius 1 is 0.933 bits per heavy atom. The Balaban J connectivity index is 1.79. The van der Waals surface area contributed by atoms with Crippen molar-refractivity contribution in [3.05, 3.63) is 53.6 Å². The summed E-state index contributed by atoms with van der Waals surface area (Å²) in [7, 11) is 6.43. The first-order chi connectivity index (χ1) is 14.5. The first-order valence-electron chi connectivity index (χ1n) is 9.55. The number of benzene rings is 2. The minimum absolute atomic E-state index is 0.127. The number of hydrogen-bond donors (Lipinski definition) is 2. The van der Waals surface area contributed by atoms with Crippen molar-refractivity contribution in [2.75, 3.05) is 48.0 Å². The van der Waals surface area contributed by atoms with E-state index in [-0.39, 0.29) is 12.5 Å². The molecule has 0 aliphatic carbocycles. The molecule has 8 heteroatoms. The van der Waals surface area contributed by atoms with Crippen molar-refractivity contribution in [3.63, 3.8) is 0 Å². The van der Waals surface area contributed by atoms with Crippen molar-refractivity contribution in [1.29, 1.82) is 0 Å². The third-order valence-corrected chi connectivity index (χ3v) is 4.45. The summed E-state index contributed by atoms with van der Waals surface area (Å²) in [5, 5.41) is 5.41. The minimum Gasteiger partial charge on any atom is -0.493 e. The van der Waals surface area contributed by atoms with E-state index in [0.717, 1.165) is 6.54 Å². The van der Waals surface area contributed by atoms with Crippen LogP contribution in [0.4, 0.5) is 0 Å². The van der Waals surface area contributed by atoms with Gasteiger partial charge in [0.25, 0.3) is 5.91 Å². The first-order valence-corrected chi connectivity index (χ1v) is 9.55. The lowest BCUT2D eigenvalue weighted by Crippen LogP contribution is -2.39. The molecule has 0 fully saturated rings. The van der Waals surface area contributed by atoms with Gasteiger partial charge in [-0.15, -0.1) is 0 Å². The number of hydrogen-bond acceptors (Lipinski definition) is 6. The molecule has 0 unspecified atom stereocenters. The highest BCUT2D eigenvalue weighted by atomic mass is 16.5. The van der Waals surface area contributed by atoms with Gasteiger partial charge >= 0.3 is 0 Å². The van der Waals surface area contributed by atoms with Gasteiger partial charge in [-0.05, 0) is 24.7 Å². The van der Waals surface area contributed by atoms with Crippen LogP contribution in [0.3, 0.4) is 0 Å². The zero-order chi connectivity index (χ0) is 21.9. The molecule has 2 rings (SSSR count). The fraction of sp³-hybridized carbons (Fsp3) is 0.364. The number of rotatable bonds is 11. The number of nitrogens with zero attached hydrogens (tertiary/aromatic N) is 1. The normalized spacial score (nSPS) is 10.4. The first kappa shape index (κ1) is 23.0. The Kier molecular flexibility index (Phi) is 8.96. The summed E-state index contributed by atoms with van der Waals surface area (Å²) in [4.78, 5) is 26.6. The van der Waals surface area contributed by atoms with Crippen LogP contribution in [0.1, 0.15) is 15.9 Å². The van der Waals surface area contributed by atoms with E-state index >= 15 is 0 Å². The average Bonchev–Trinajstić information content (AvgIpc) is 2.76. The second kappa shape index (κ2) is 11.7. The molecule has 0 aliphatic rings. The summed E-state index contributed by atoms with van der Waals surface area (Å²) in [6, 6.07) is 13.2. The Morgan fingerprint density at radius 3 is 2.13 bits per heavy atom. The maximum Gasteiger partial charge on any atom is 0.251 e. The summed E-state index contributed by atoms with van der Waals surface area (Å²) >= 11 is 0. The van der Waals surface area contributed by atoms with Crippen LogP contribution in [0.25, 0.3) is 0 Å². The third-order valence-electron chi connectivity index (χ3n) is 4.45. The average molecular weight is 415 g/mol. The van der Waals surface area contributed by atoms with E-state index in [1.54, 1.807) is 0 Å². The van der Waals surface area contributed by atoms with E-state index in [4.69, 9.17) is 14.2 Å². The van der Waals surface area contributed by atoms with Crippen LogP contribution in [-0.2, 0) is 11.3 Å². The summed E-state index contributed by atoms with van der Waals surface area (Å²) in [5.41, 5.74) is 1.52. The molecule has 0 radical (unpaired) electrons. The molecule has 0 aromatic heterocycles. The lowest BCUT2D eigenvalue weighted by molar-refractivity contribution is -0.120.